The number of likely N-dealkylation sites (tertiary alicyclic amines) is 1. The fraction of sp³-hybridized carbons (Fsp3) is 0.429. The second-order valence-electron chi connectivity index (χ2n) is 17.6. The fourth-order valence-corrected chi connectivity index (χ4v) is 10.6. The monoisotopic (exact) mass is 809 g/mol. The molecule has 60 heavy (non-hydrogen) atoms. The number of anilines is 1. The Hall–Kier alpha value is -5.52. The number of carbonyl (C=O) groups is 4. The van der Waals surface area contributed by atoms with Gasteiger partial charge in [0.2, 0.25) is 11.8 Å². The summed E-state index contributed by atoms with van der Waals surface area (Å²) in [5, 5.41) is 12.5. The molecule has 3 unspecified atom stereocenters. The van der Waals surface area contributed by atoms with Gasteiger partial charge < -0.3 is 14.7 Å². The Morgan fingerprint density at radius 3 is 2.22 bits per heavy atom. The van der Waals surface area contributed by atoms with E-state index in [1.165, 1.54) is 22.3 Å². The number of carbonyl (C=O) groups excluding carboxylic acids is 4. The Labute approximate surface area is 352 Å². The Morgan fingerprint density at radius 2 is 1.48 bits per heavy atom. The molecule has 1 aliphatic carbocycles. The highest BCUT2D eigenvalue weighted by molar-refractivity contribution is 6.23. The summed E-state index contributed by atoms with van der Waals surface area (Å²) < 4.78 is 6.29. The number of piperidine rings is 2. The molecule has 4 aromatic rings. The number of piperazine rings is 1. The van der Waals surface area contributed by atoms with Gasteiger partial charge in [-0.25, -0.2) is 0 Å². The van der Waals surface area contributed by atoms with Gasteiger partial charge in [0.25, 0.3) is 11.8 Å². The van der Waals surface area contributed by atoms with E-state index < -0.39 is 23.8 Å². The zero-order valence-corrected chi connectivity index (χ0v) is 34.6. The molecule has 11 heteroatoms. The minimum absolute atomic E-state index is 0.0993. The molecular weight excluding hydrogens is 755 g/mol. The van der Waals surface area contributed by atoms with Gasteiger partial charge in [-0.1, -0.05) is 48.5 Å². The van der Waals surface area contributed by atoms with Gasteiger partial charge in [0, 0.05) is 56.3 Å². The smallest absolute Gasteiger partial charge is 0.262 e. The molecule has 11 nitrogen and oxygen atoms in total. The molecule has 3 fully saturated rings. The second-order valence-corrected chi connectivity index (χ2v) is 17.6. The number of imide groups is 2. The number of phenolic OH excluding ortho intramolecular Hbond substituents is 1. The number of hydrogen-bond donors (Lipinski definition) is 2. The molecule has 4 aliphatic heterocycles. The standard InChI is InChI=1S/C49H55N5O6/c1-31-28-52(37-11-16-42-43(27-37)49(59)54(48(42)58)44-18-19-45(56)50-47(44)57)29-32(2)53(31)30-33-20-22-51(23-21-33)24-25-60-39-13-8-35(9-14-39)46-40(34-6-4-3-5-7-34)15-10-36-26-38(55)12-17-41(36)46/h3-9,11-14,16-17,26-27,31-33,40,44,46,55H,10,15,18-25,28-30H2,1-2H3,(H,50,56,57)/t31?,32?,40-,44?,46+/m1/s1. The van der Waals surface area contributed by atoms with Crippen LogP contribution in [-0.2, 0) is 16.0 Å². The van der Waals surface area contributed by atoms with Gasteiger partial charge in [0.15, 0.2) is 0 Å². The fourth-order valence-electron chi connectivity index (χ4n) is 10.6. The molecule has 0 radical (unpaired) electrons. The summed E-state index contributed by atoms with van der Waals surface area (Å²) in [6, 6.07) is 30.4. The van der Waals surface area contributed by atoms with E-state index in [2.05, 4.69) is 94.5 Å². The molecule has 2 N–H and O–H groups in total. The molecule has 4 aromatic carbocycles. The number of benzene rings is 4. The van der Waals surface area contributed by atoms with Crippen LogP contribution in [-0.4, -0.2) is 107 Å². The molecule has 0 spiro atoms. The normalized spacial score (nSPS) is 25.3. The molecule has 9 rings (SSSR count). The van der Waals surface area contributed by atoms with Gasteiger partial charge >= 0.3 is 0 Å². The third-order valence-corrected chi connectivity index (χ3v) is 13.8. The molecule has 0 aromatic heterocycles. The second kappa shape index (κ2) is 16.9. The van der Waals surface area contributed by atoms with Crippen LogP contribution in [0.5, 0.6) is 11.5 Å². The quantitative estimate of drug-likeness (QED) is 0.177. The first-order valence-electron chi connectivity index (χ1n) is 21.8. The Bertz CT molecular complexity index is 2240. The van der Waals surface area contributed by atoms with Crippen molar-refractivity contribution < 1.29 is 29.0 Å². The summed E-state index contributed by atoms with van der Waals surface area (Å²) in [7, 11) is 0. The van der Waals surface area contributed by atoms with E-state index in [4.69, 9.17) is 4.74 Å². The Balaban J connectivity index is 0.747. The van der Waals surface area contributed by atoms with Crippen molar-refractivity contribution in [2.75, 3.05) is 50.8 Å². The molecule has 4 heterocycles. The number of nitrogens with one attached hydrogen (secondary N) is 1. The minimum Gasteiger partial charge on any atom is -0.508 e. The van der Waals surface area contributed by atoms with Crippen LogP contribution >= 0.6 is 0 Å². The van der Waals surface area contributed by atoms with Gasteiger partial charge in [-0.3, -0.25) is 39.2 Å². The number of fused-ring (bicyclic) bond motifs is 2. The minimum atomic E-state index is -0.968. The molecule has 5 atom stereocenters. The largest absolute Gasteiger partial charge is 0.508 e. The maximum atomic E-state index is 13.5. The zero-order valence-electron chi connectivity index (χ0n) is 34.6. The van der Waals surface area contributed by atoms with Crippen LogP contribution < -0.4 is 15.0 Å². The lowest BCUT2D eigenvalue weighted by Crippen LogP contribution is -2.58. The summed E-state index contributed by atoms with van der Waals surface area (Å²) in [5.41, 5.74) is 6.69. The summed E-state index contributed by atoms with van der Waals surface area (Å²) in [6.45, 7) is 10.9. The van der Waals surface area contributed by atoms with Gasteiger partial charge in [0.05, 0.1) is 11.1 Å². The SMILES string of the molecule is CC1CN(c2ccc3c(c2)C(=O)N(C2CCC(=O)NC2=O)C3=O)CC(C)N1CC1CCN(CCOc2ccc([C@@H]3c4ccc(O)cc4CC[C@@H]3c3ccccc3)cc2)CC1. The van der Waals surface area contributed by atoms with E-state index >= 15 is 0 Å². The van der Waals surface area contributed by atoms with E-state index in [-0.39, 0.29) is 24.7 Å². The highest BCUT2D eigenvalue weighted by Crippen LogP contribution is 2.47. The van der Waals surface area contributed by atoms with Crippen molar-refractivity contribution in [1.29, 1.82) is 0 Å². The summed E-state index contributed by atoms with van der Waals surface area (Å²) in [5.74, 6) is 0.505. The van der Waals surface area contributed by atoms with Crippen LogP contribution in [0.25, 0.3) is 0 Å². The predicted octanol–water partition coefficient (Wildman–Crippen LogP) is 6.35. The van der Waals surface area contributed by atoms with Crippen molar-refractivity contribution in [1.82, 2.24) is 20.0 Å². The van der Waals surface area contributed by atoms with Crippen molar-refractivity contribution in [2.24, 2.45) is 5.92 Å². The van der Waals surface area contributed by atoms with E-state index in [1.54, 1.807) is 12.1 Å². The number of phenols is 1. The number of aromatic hydroxyl groups is 1. The van der Waals surface area contributed by atoms with Crippen LogP contribution in [0.3, 0.4) is 0 Å². The highest BCUT2D eigenvalue weighted by Gasteiger charge is 2.45. The molecule has 0 bridgehead atoms. The number of rotatable bonds is 10. The molecule has 3 saturated heterocycles. The molecule has 0 saturated carbocycles. The number of aryl methyl sites for hydroxylation is 1. The lowest BCUT2D eigenvalue weighted by molar-refractivity contribution is -0.136. The van der Waals surface area contributed by atoms with Crippen LogP contribution in [0.4, 0.5) is 5.69 Å². The highest BCUT2D eigenvalue weighted by atomic mass is 16.5. The van der Waals surface area contributed by atoms with Crippen LogP contribution in [0.1, 0.15) is 101 Å². The lowest BCUT2D eigenvalue weighted by Gasteiger charge is -2.47. The van der Waals surface area contributed by atoms with Gasteiger partial charge in [0.1, 0.15) is 24.1 Å². The van der Waals surface area contributed by atoms with Crippen molar-refractivity contribution >= 4 is 29.3 Å². The van der Waals surface area contributed by atoms with Gasteiger partial charge in [-0.05, 0) is 136 Å². The lowest BCUT2D eigenvalue weighted by atomic mass is 9.69. The van der Waals surface area contributed by atoms with E-state index in [1.807, 2.05) is 18.2 Å². The number of hydrogen-bond acceptors (Lipinski definition) is 9. The average molecular weight is 810 g/mol. The predicted molar refractivity (Wildman–Crippen MR) is 230 cm³/mol. The van der Waals surface area contributed by atoms with Crippen LogP contribution in [0.2, 0.25) is 0 Å². The molecular formula is C49H55N5O6. The average Bonchev–Trinajstić information content (AvgIpc) is 3.50. The maximum Gasteiger partial charge on any atom is 0.262 e. The Morgan fingerprint density at radius 1 is 0.750 bits per heavy atom. The summed E-state index contributed by atoms with van der Waals surface area (Å²) in [6.07, 6.45) is 4.55. The van der Waals surface area contributed by atoms with E-state index in [0.717, 1.165) is 81.3 Å². The van der Waals surface area contributed by atoms with Crippen molar-refractivity contribution in [3.63, 3.8) is 0 Å². The first kappa shape index (κ1) is 39.9. The van der Waals surface area contributed by atoms with Crippen LogP contribution in [0.15, 0.2) is 91.0 Å². The number of nitrogens with zero attached hydrogens (tertiary/aromatic N) is 4. The first-order chi connectivity index (χ1) is 29.1. The van der Waals surface area contributed by atoms with Crippen molar-refractivity contribution in [3.8, 4) is 11.5 Å². The number of ether oxygens (including phenoxy) is 1. The molecule has 312 valence electrons. The third kappa shape index (κ3) is 7.92. The zero-order chi connectivity index (χ0) is 41.5. The first-order valence-corrected chi connectivity index (χ1v) is 21.8. The molecule has 5 aliphatic rings. The topological polar surface area (TPSA) is 123 Å². The van der Waals surface area contributed by atoms with Crippen LogP contribution in [0, 0.1) is 5.92 Å². The van der Waals surface area contributed by atoms with Gasteiger partial charge in [-0.15, -0.1) is 0 Å². The van der Waals surface area contributed by atoms with Crippen molar-refractivity contribution in [3.05, 3.63) is 124 Å². The van der Waals surface area contributed by atoms with E-state index in [0.29, 0.717) is 47.4 Å². The van der Waals surface area contributed by atoms with Crippen molar-refractivity contribution in [2.45, 2.75) is 82.3 Å². The number of amides is 4. The maximum absolute atomic E-state index is 13.5. The third-order valence-electron chi connectivity index (χ3n) is 13.8. The van der Waals surface area contributed by atoms with Gasteiger partial charge in [-0.2, -0.15) is 0 Å². The summed E-state index contributed by atoms with van der Waals surface area (Å²) >= 11 is 0. The summed E-state index contributed by atoms with van der Waals surface area (Å²) in [4.78, 5) is 59.4. The van der Waals surface area contributed by atoms with E-state index in [9.17, 15) is 24.3 Å². The Kier molecular flexibility index (Phi) is 11.2. The molecule has 4 amide bonds.